The molecule has 1 aromatic carbocycles. The normalized spacial score (nSPS) is 17.9. The van der Waals surface area contributed by atoms with Crippen molar-refractivity contribution in [3.05, 3.63) is 30.1 Å². The molecule has 0 amide bonds. The van der Waals surface area contributed by atoms with Crippen LogP contribution in [0.4, 0.5) is 4.39 Å². The quantitative estimate of drug-likeness (QED) is 0.887. The molecule has 0 atom stereocenters. The maximum Gasteiger partial charge on any atom is 0.240 e. The second-order valence-corrected chi connectivity index (χ2v) is 7.46. The monoisotopic (exact) mass is 316 g/mol. The third kappa shape index (κ3) is 4.23. The van der Waals surface area contributed by atoms with Gasteiger partial charge in [0.05, 0.1) is 18.1 Å². The second-order valence-electron chi connectivity index (χ2n) is 5.69. The molecule has 0 saturated carbocycles. The average Bonchev–Trinajstić information content (AvgIpc) is 2.47. The Bertz CT molecular complexity index is 566. The third-order valence-electron chi connectivity index (χ3n) is 3.69. The summed E-state index contributed by atoms with van der Waals surface area (Å²) in [5.41, 5.74) is -0.309. The molecule has 0 spiro atoms. The Kier molecular flexibility index (Phi) is 4.98. The zero-order chi connectivity index (χ0) is 15.5. The lowest BCUT2D eigenvalue weighted by atomic mass is 10.0. The van der Waals surface area contributed by atoms with Crippen molar-refractivity contribution >= 4 is 10.0 Å². The van der Waals surface area contributed by atoms with Gasteiger partial charge < -0.3 is 4.74 Å². The molecule has 0 aliphatic carbocycles. The summed E-state index contributed by atoms with van der Waals surface area (Å²) in [6.45, 7) is 7.16. The van der Waals surface area contributed by atoms with Gasteiger partial charge in [0.2, 0.25) is 10.0 Å². The fourth-order valence-corrected chi connectivity index (χ4v) is 3.45. The predicted octanol–water partition coefficient (Wildman–Crippen LogP) is 1.21. The molecule has 1 aromatic rings. The number of hydrogen-bond acceptors (Lipinski definition) is 4. The fraction of sp³-hybridized carbons (Fsp3) is 0.571. The summed E-state index contributed by atoms with van der Waals surface area (Å²) < 4.78 is 45.2. The molecule has 1 saturated heterocycles. The first-order chi connectivity index (χ1) is 9.81. The lowest BCUT2D eigenvalue weighted by Crippen LogP contribution is -2.55. The molecule has 1 fully saturated rings. The smallest absolute Gasteiger partial charge is 0.240 e. The minimum absolute atomic E-state index is 0.0710. The van der Waals surface area contributed by atoms with Gasteiger partial charge in [0.15, 0.2) is 0 Å². The fourth-order valence-electron chi connectivity index (χ4n) is 2.25. The predicted molar refractivity (Wildman–Crippen MR) is 78.1 cm³/mol. The zero-order valence-electron chi connectivity index (χ0n) is 12.3. The van der Waals surface area contributed by atoms with Gasteiger partial charge in [-0.2, -0.15) is 0 Å². The van der Waals surface area contributed by atoms with Crippen molar-refractivity contribution in [1.29, 1.82) is 0 Å². The topological polar surface area (TPSA) is 58.6 Å². The van der Waals surface area contributed by atoms with Gasteiger partial charge in [-0.3, -0.25) is 4.90 Å². The highest BCUT2D eigenvalue weighted by Crippen LogP contribution is 2.17. The van der Waals surface area contributed by atoms with E-state index >= 15 is 0 Å². The SMILES string of the molecule is CC(C)(CNS(=O)(=O)c1ccc(F)cc1)N1CCOCC1. The lowest BCUT2D eigenvalue weighted by Gasteiger charge is -2.40. The molecule has 0 unspecified atom stereocenters. The van der Waals surface area contributed by atoms with Gasteiger partial charge in [-0.1, -0.05) is 0 Å². The Balaban J connectivity index is 2.01. The number of nitrogens with zero attached hydrogens (tertiary/aromatic N) is 1. The third-order valence-corrected chi connectivity index (χ3v) is 5.10. The molecule has 2 rings (SSSR count). The molecular formula is C14H21FN2O3S. The number of sulfonamides is 1. The van der Waals surface area contributed by atoms with Gasteiger partial charge >= 0.3 is 0 Å². The van der Waals surface area contributed by atoms with E-state index in [2.05, 4.69) is 9.62 Å². The molecule has 1 N–H and O–H groups in total. The Hall–Kier alpha value is -1.02. The maximum atomic E-state index is 12.9. The van der Waals surface area contributed by atoms with Gasteiger partial charge in [0.25, 0.3) is 0 Å². The molecule has 7 heteroatoms. The number of morpholine rings is 1. The van der Waals surface area contributed by atoms with Gasteiger partial charge in [-0.15, -0.1) is 0 Å². The number of rotatable bonds is 5. The first-order valence-electron chi connectivity index (χ1n) is 6.89. The van der Waals surface area contributed by atoms with E-state index in [-0.39, 0.29) is 17.0 Å². The Morgan fingerprint density at radius 1 is 1.24 bits per heavy atom. The summed E-state index contributed by atoms with van der Waals surface area (Å²) >= 11 is 0. The Morgan fingerprint density at radius 2 is 1.81 bits per heavy atom. The van der Waals surface area contributed by atoms with Gasteiger partial charge in [-0.05, 0) is 38.1 Å². The molecule has 0 radical (unpaired) electrons. The van der Waals surface area contributed by atoms with E-state index in [1.165, 1.54) is 12.1 Å². The van der Waals surface area contributed by atoms with Crippen LogP contribution in [0.25, 0.3) is 0 Å². The molecule has 1 aliphatic heterocycles. The summed E-state index contributed by atoms with van der Waals surface area (Å²) in [4.78, 5) is 2.27. The van der Waals surface area contributed by atoms with Crippen molar-refractivity contribution in [3.8, 4) is 0 Å². The molecule has 1 heterocycles. The van der Waals surface area contributed by atoms with Crippen LogP contribution in [-0.4, -0.2) is 51.7 Å². The Morgan fingerprint density at radius 3 is 2.38 bits per heavy atom. The summed E-state index contributed by atoms with van der Waals surface area (Å²) in [6, 6.07) is 4.81. The maximum absolute atomic E-state index is 12.9. The van der Waals surface area contributed by atoms with Crippen molar-refractivity contribution in [2.75, 3.05) is 32.8 Å². The van der Waals surface area contributed by atoms with Crippen LogP contribution < -0.4 is 4.72 Å². The molecular weight excluding hydrogens is 295 g/mol. The number of ether oxygens (including phenoxy) is 1. The second kappa shape index (κ2) is 6.39. The molecule has 118 valence electrons. The molecule has 5 nitrogen and oxygen atoms in total. The average molecular weight is 316 g/mol. The van der Waals surface area contributed by atoms with Gasteiger partial charge in [-0.25, -0.2) is 17.5 Å². The first-order valence-corrected chi connectivity index (χ1v) is 8.38. The van der Waals surface area contributed by atoms with Crippen LogP contribution in [0.1, 0.15) is 13.8 Å². The van der Waals surface area contributed by atoms with E-state index in [0.717, 1.165) is 25.2 Å². The highest BCUT2D eigenvalue weighted by Gasteiger charge is 2.29. The van der Waals surface area contributed by atoms with Crippen molar-refractivity contribution in [1.82, 2.24) is 9.62 Å². The lowest BCUT2D eigenvalue weighted by molar-refractivity contribution is -0.00803. The summed E-state index contributed by atoms with van der Waals surface area (Å²) in [7, 11) is -3.62. The minimum atomic E-state index is -3.62. The summed E-state index contributed by atoms with van der Waals surface area (Å²) in [6.07, 6.45) is 0. The zero-order valence-corrected chi connectivity index (χ0v) is 13.1. The van der Waals surface area contributed by atoms with Crippen LogP contribution in [0.3, 0.4) is 0 Å². The van der Waals surface area contributed by atoms with Gasteiger partial charge in [0, 0.05) is 25.2 Å². The van der Waals surface area contributed by atoms with Crippen LogP contribution >= 0.6 is 0 Å². The molecule has 0 aromatic heterocycles. The summed E-state index contributed by atoms with van der Waals surface area (Å²) in [5.74, 6) is -0.456. The van der Waals surface area contributed by atoms with Crippen LogP contribution in [0.15, 0.2) is 29.2 Å². The standard InChI is InChI=1S/C14H21FN2O3S/c1-14(2,17-7-9-20-10-8-17)11-16-21(18,19)13-5-3-12(15)4-6-13/h3-6,16H,7-11H2,1-2H3. The van der Waals surface area contributed by atoms with Gasteiger partial charge in [0.1, 0.15) is 5.82 Å². The van der Waals surface area contributed by atoms with Crippen molar-refractivity contribution in [2.24, 2.45) is 0 Å². The van der Waals surface area contributed by atoms with Crippen LogP contribution in [0.2, 0.25) is 0 Å². The number of nitrogens with one attached hydrogen (secondary N) is 1. The van der Waals surface area contributed by atoms with Crippen molar-refractivity contribution in [2.45, 2.75) is 24.3 Å². The van der Waals surface area contributed by atoms with E-state index in [1.807, 2.05) is 13.8 Å². The Labute approximate surface area is 125 Å². The first kappa shape index (κ1) is 16.4. The van der Waals surface area contributed by atoms with E-state index < -0.39 is 15.8 Å². The number of hydrogen-bond donors (Lipinski definition) is 1. The summed E-state index contributed by atoms with van der Waals surface area (Å²) in [5, 5.41) is 0. The molecule has 1 aliphatic rings. The van der Waals surface area contributed by atoms with E-state index in [1.54, 1.807) is 0 Å². The minimum Gasteiger partial charge on any atom is -0.379 e. The van der Waals surface area contributed by atoms with E-state index in [0.29, 0.717) is 13.2 Å². The van der Waals surface area contributed by atoms with Crippen LogP contribution in [-0.2, 0) is 14.8 Å². The highest BCUT2D eigenvalue weighted by atomic mass is 32.2. The van der Waals surface area contributed by atoms with E-state index in [9.17, 15) is 12.8 Å². The highest BCUT2D eigenvalue weighted by molar-refractivity contribution is 7.89. The van der Waals surface area contributed by atoms with E-state index in [4.69, 9.17) is 4.74 Å². The number of benzene rings is 1. The largest absolute Gasteiger partial charge is 0.379 e. The van der Waals surface area contributed by atoms with Crippen molar-refractivity contribution in [3.63, 3.8) is 0 Å². The molecule has 21 heavy (non-hydrogen) atoms. The van der Waals surface area contributed by atoms with Crippen molar-refractivity contribution < 1.29 is 17.5 Å². The van der Waals surface area contributed by atoms with Crippen LogP contribution in [0, 0.1) is 5.82 Å². The number of halogens is 1. The molecule has 0 bridgehead atoms. The van der Waals surface area contributed by atoms with Crippen LogP contribution in [0.5, 0.6) is 0 Å².